The minimum absolute atomic E-state index is 0.00203. The molecule has 1 heterocycles. The SMILES string of the molecule is C[C@H]1CCCC[C@@]12NC(=O)N(CC(=O)OCC(=O)Nc1cccc(Cl)c1)C2=O. The second-order valence-electron chi connectivity index (χ2n) is 7.16. The van der Waals surface area contributed by atoms with E-state index >= 15 is 0 Å². The summed E-state index contributed by atoms with van der Waals surface area (Å²) < 4.78 is 4.91. The number of hydrogen-bond donors (Lipinski definition) is 2. The summed E-state index contributed by atoms with van der Waals surface area (Å²) in [5.74, 6) is -1.78. The van der Waals surface area contributed by atoms with E-state index in [0.717, 1.165) is 24.2 Å². The molecule has 2 atom stereocenters. The quantitative estimate of drug-likeness (QED) is 0.575. The largest absolute Gasteiger partial charge is 0.454 e. The number of hydrogen-bond acceptors (Lipinski definition) is 5. The maximum Gasteiger partial charge on any atom is 0.326 e. The molecule has 0 radical (unpaired) electrons. The maximum atomic E-state index is 12.8. The van der Waals surface area contributed by atoms with Gasteiger partial charge in [-0.25, -0.2) is 4.79 Å². The van der Waals surface area contributed by atoms with Crippen LogP contribution in [0.4, 0.5) is 10.5 Å². The van der Waals surface area contributed by atoms with Gasteiger partial charge >= 0.3 is 12.0 Å². The second kappa shape index (κ2) is 8.18. The van der Waals surface area contributed by atoms with Crippen molar-refractivity contribution in [2.45, 2.75) is 38.1 Å². The number of imide groups is 1. The summed E-state index contributed by atoms with van der Waals surface area (Å²) in [6.07, 6.45) is 3.26. The Balaban J connectivity index is 1.52. The molecule has 1 aromatic carbocycles. The zero-order valence-electron chi connectivity index (χ0n) is 15.5. The Kier molecular flexibility index (Phi) is 5.88. The normalized spacial score (nSPS) is 24.2. The monoisotopic (exact) mass is 407 g/mol. The van der Waals surface area contributed by atoms with Crippen LogP contribution in [0.3, 0.4) is 0 Å². The number of urea groups is 1. The van der Waals surface area contributed by atoms with Gasteiger partial charge in [-0.2, -0.15) is 0 Å². The molecule has 1 saturated heterocycles. The van der Waals surface area contributed by atoms with Gasteiger partial charge in [0.2, 0.25) is 0 Å². The highest BCUT2D eigenvalue weighted by Gasteiger charge is 2.55. The Morgan fingerprint density at radius 3 is 2.86 bits per heavy atom. The van der Waals surface area contributed by atoms with Crippen LogP contribution in [0.2, 0.25) is 5.02 Å². The highest BCUT2D eigenvalue weighted by Crippen LogP contribution is 2.38. The highest BCUT2D eigenvalue weighted by molar-refractivity contribution is 6.30. The predicted octanol–water partition coefficient (Wildman–Crippen LogP) is 2.32. The van der Waals surface area contributed by atoms with Crippen molar-refractivity contribution in [3.05, 3.63) is 29.3 Å². The van der Waals surface area contributed by atoms with Crippen LogP contribution in [0.15, 0.2) is 24.3 Å². The van der Waals surface area contributed by atoms with Crippen molar-refractivity contribution in [1.29, 1.82) is 0 Å². The van der Waals surface area contributed by atoms with E-state index in [9.17, 15) is 19.2 Å². The van der Waals surface area contributed by atoms with E-state index < -0.39 is 42.5 Å². The van der Waals surface area contributed by atoms with Gasteiger partial charge in [0.1, 0.15) is 12.1 Å². The van der Waals surface area contributed by atoms with Crippen molar-refractivity contribution in [3.8, 4) is 0 Å². The smallest absolute Gasteiger partial charge is 0.326 e. The molecule has 1 spiro atoms. The van der Waals surface area contributed by atoms with Gasteiger partial charge in [-0.15, -0.1) is 0 Å². The van der Waals surface area contributed by atoms with E-state index in [1.54, 1.807) is 24.3 Å². The summed E-state index contributed by atoms with van der Waals surface area (Å²) in [6.45, 7) is 0.874. The fourth-order valence-corrected chi connectivity index (χ4v) is 3.91. The lowest BCUT2D eigenvalue weighted by Crippen LogP contribution is -2.54. The van der Waals surface area contributed by atoms with Gasteiger partial charge in [0.15, 0.2) is 6.61 Å². The lowest BCUT2D eigenvalue weighted by Gasteiger charge is -2.36. The number of halogens is 1. The van der Waals surface area contributed by atoms with E-state index in [1.165, 1.54) is 0 Å². The van der Waals surface area contributed by atoms with Gasteiger partial charge in [0.05, 0.1) is 0 Å². The first-order valence-electron chi connectivity index (χ1n) is 9.17. The summed E-state index contributed by atoms with van der Waals surface area (Å²) in [6, 6.07) is 5.93. The van der Waals surface area contributed by atoms with Crippen molar-refractivity contribution >= 4 is 41.1 Å². The zero-order chi connectivity index (χ0) is 20.3. The molecule has 1 saturated carbocycles. The van der Waals surface area contributed by atoms with Gasteiger partial charge < -0.3 is 15.4 Å². The van der Waals surface area contributed by atoms with Crippen LogP contribution < -0.4 is 10.6 Å². The van der Waals surface area contributed by atoms with Crippen LogP contribution >= 0.6 is 11.6 Å². The average Bonchev–Trinajstić information content (AvgIpc) is 2.88. The fourth-order valence-electron chi connectivity index (χ4n) is 3.72. The lowest BCUT2D eigenvalue weighted by atomic mass is 9.73. The van der Waals surface area contributed by atoms with Crippen molar-refractivity contribution in [2.75, 3.05) is 18.5 Å². The number of carbonyl (C=O) groups is 4. The first-order chi connectivity index (χ1) is 13.3. The van der Waals surface area contributed by atoms with Crippen LogP contribution in [0, 0.1) is 5.92 Å². The van der Waals surface area contributed by atoms with Gasteiger partial charge in [-0.05, 0) is 37.0 Å². The van der Waals surface area contributed by atoms with Gasteiger partial charge in [0, 0.05) is 10.7 Å². The predicted molar refractivity (Wildman–Crippen MR) is 102 cm³/mol. The molecule has 0 bridgehead atoms. The molecular weight excluding hydrogens is 386 g/mol. The van der Waals surface area contributed by atoms with Crippen molar-refractivity contribution in [1.82, 2.24) is 10.2 Å². The Bertz CT molecular complexity index is 815. The molecule has 8 nitrogen and oxygen atoms in total. The molecule has 0 aromatic heterocycles. The molecule has 28 heavy (non-hydrogen) atoms. The number of ether oxygens (including phenoxy) is 1. The van der Waals surface area contributed by atoms with E-state index in [-0.39, 0.29) is 5.92 Å². The molecule has 3 rings (SSSR count). The molecule has 150 valence electrons. The van der Waals surface area contributed by atoms with E-state index in [0.29, 0.717) is 17.1 Å². The third kappa shape index (κ3) is 4.11. The van der Waals surface area contributed by atoms with Gasteiger partial charge in [-0.1, -0.05) is 37.4 Å². The second-order valence-corrected chi connectivity index (χ2v) is 7.60. The molecule has 2 fully saturated rings. The van der Waals surface area contributed by atoms with Crippen LogP contribution in [0.1, 0.15) is 32.6 Å². The van der Waals surface area contributed by atoms with Crippen LogP contribution in [-0.4, -0.2) is 47.4 Å². The first kappa shape index (κ1) is 20.1. The minimum atomic E-state index is -0.931. The summed E-state index contributed by atoms with van der Waals surface area (Å²) in [7, 11) is 0. The topological polar surface area (TPSA) is 105 Å². The lowest BCUT2D eigenvalue weighted by molar-refractivity contribution is -0.150. The zero-order valence-corrected chi connectivity index (χ0v) is 16.3. The average molecular weight is 408 g/mol. The third-order valence-electron chi connectivity index (χ3n) is 5.26. The summed E-state index contributed by atoms with van der Waals surface area (Å²) in [5, 5.41) is 5.76. The fraction of sp³-hybridized carbons (Fsp3) is 0.474. The molecule has 1 aliphatic heterocycles. The molecule has 0 unspecified atom stereocenters. The van der Waals surface area contributed by atoms with Crippen LogP contribution in [0.25, 0.3) is 0 Å². The first-order valence-corrected chi connectivity index (χ1v) is 9.55. The number of esters is 1. The van der Waals surface area contributed by atoms with E-state index in [2.05, 4.69) is 10.6 Å². The van der Waals surface area contributed by atoms with Crippen LogP contribution in [-0.2, 0) is 19.1 Å². The molecular formula is C19H22ClN3O5. The van der Waals surface area contributed by atoms with Crippen LogP contribution in [0.5, 0.6) is 0 Å². The highest BCUT2D eigenvalue weighted by atomic mass is 35.5. The van der Waals surface area contributed by atoms with Gasteiger partial charge in [-0.3, -0.25) is 19.3 Å². The van der Waals surface area contributed by atoms with Crippen molar-refractivity contribution in [3.63, 3.8) is 0 Å². The summed E-state index contributed by atoms with van der Waals surface area (Å²) in [5.41, 5.74) is -0.463. The molecule has 9 heteroatoms. The molecule has 4 amide bonds. The van der Waals surface area contributed by atoms with Gasteiger partial charge in [0.25, 0.3) is 11.8 Å². The molecule has 1 aliphatic carbocycles. The summed E-state index contributed by atoms with van der Waals surface area (Å²) >= 11 is 5.84. The number of benzene rings is 1. The maximum absolute atomic E-state index is 12.8. The number of rotatable bonds is 5. The van der Waals surface area contributed by atoms with Crippen molar-refractivity contribution in [2.24, 2.45) is 5.92 Å². The Morgan fingerprint density at radius 2 is 2.14 bits per heavy atom. The molecule has 2 N–H and O–H groups in total. The third-order valence-corrected chi connectivity index (χ3v) is 5.50. The number of anilines is 1. The number of nitrogens with one attached hydrogen (secondary N) is 2. The standard InChI is InChI=1S/C19H22ClN3O5/c1-12-5-2-3-8-19(12)17(26)23(18(27)22-19)10-16(25)28-11-15(24)21-14-7-4-6-13(20)9-14/h4,6-7,9,12H,2-3,5,8,10-11H2,1H3,(H,21,24)(H,22,27)/t12-,19+/m0/s1. The minimum Gasteiger partial charge on any atom is -0.454 e. The van der Waals surface area contributed by atoms with Crippen molar-refractivity contribution < 1.29 is 23.9 Å². The summed E-state index contributed by atoms with van der Waals surface area (Å²) in [4.78, 5) is 49.9. The Labute approximate surface area is 167 Å². The Morgan fingerprint density at radius 1 is 1.36 bits per heavy atom. The van der Waals surface area contributed by atoms with E-state index in [1.807, 2.05) is 6.92 Å². The molecule has 2 aliphatic rings. The molecule has 1 aromatic rings. The number of carbonyl (C=O) groups excluding carboxylic acids is 4. The Hall–Kier alpha value is -2.61. The number of amides is 4. The van der Waals surface area contributed by atoms with E-state index in [4.69, 9.17) is 16.3 Å². The number of nitrogens with zero attached hydrogens (tertiary/aromatic N) is 1.